The highest BCUT2D eigenvalue weighted by Gasteiger charge is 2.47. The van der Waals surface area contributed by atoms with Crippen molar-refractivity contribution in [2.45, 2.75) is 50.1 Å². The Morgan fingerprint density at radius 1 is 0.941 bits per heavy atom. The van der Waals surface area contributed by atoms with Gasteiger partial charge in [0.25, 0.3) is 0 Å². The molecule has 34 heavy (non-hydrogen) atoms. The fourth-order valence-corrected chi connectivity index (χ4v) is 5.76. The van der Waals surface area contributed by atoms with Gasteiger partial charge in [-0.2, -0.15) is 0 Å². The predicted molar refractivity (Wildman–Crippen MR) is 125 cm³/mol. The van der Waals surface area contributed by atoms with Gasteiger partial charge in [-0.25, -0.2) is 4.39 Å². The number of carbonyl (C=O) groups excluding carboxylic acids is 3. The molecular weight excluding hydrogens is 433 g/mol. The molecule has 0 N–H and O–H groups in total. The van der Waals surface area contributed by atoms with Crippen LogP contribution in [0.25, 0.3) is 0 Å². The van der Waals surface area contributed by atoms with Crippen molar-refractivity contribution in [2.75, 3.05) is 26.2 Å². The van der Waals surface area contributed by atoms with E-state index in [4.69, 9.17) is 0 Å². The summed E-state index contributed by atoms with van der Waals surface area (Å²) >= 11 is 0. The van der Waals surface area contributed by atoms with E-state index in [0.29, 0.717) is 50.9 Å². The summed E-state index contributed by atoms with van der Waals surface area (Å²) in [6, 6.07) is 16.6. The third-order valence-electron chi connectivity index (χ3n) is 7.82. The first-order valence-electron chi connectivity index (χ1n) is 12.1. The second-order valence-corrected chi connectivity index (χ2v) is 9.76. The summed E-state index contributed by atoms with van der Waals surface area (Å²) in [6.07, 6.45) is 3.00. The van der Waals surface area contributed by atoms with E-state index in [1.165, 1.54) is 6.07 Å². The van der Waals surface area contributed by atoms with Crippen molar-refractivity contribution in [3.05, 3.63) is 71.5 Å². The Labute approximate surface area is 199 Å². The number of hydrogen-bond acceptors (Lipinski definition) is 3. The van der Waals surface area contributed by atoms with Gasteiger partial charge in [-0.15, -0.1) is 0 Å². The first-order chi connectivity index (χ1) is 16.4. The minimum absolute atomic E-state index is 0.0214. The molecule has 0 saturated carbocycles. The topological polar surface area (TPSA) is 60.9 Å². The van der Waals surface area contributed by atoms with Crippen LogP contribution < -0.4 is 0 Å². The number of rotatable bonds is 5. The minimum Gasteiger partial charge on any atom is -0.341 e. The lowest BCUT2D eigenvalue weighted by Gasteiger charge is -2.45. The number of nitrogens with zero attached hydrogens (tertiary/aromatic N) is 3. The lowest BCUT2D eigenvalue weighted by Crippen LogP contribution is -2.55. The summed E-state index contributed by atoms with van der Waals surface area (Å²) in [5, 5.41) is 0. The highest BCUT2D eigenvalue weighted by molar-refractivity contribution is 5.87. The summed E-state index contributed by atoms with van der Waals surface area (Å²) in [5.41, 5.74) is 1.33. The Hall–Kier alpha value is -3.22. The van der Waals surface area contributed by atoms with E-state index < -0.39 is 0 Å². The number of hydrogen-bond donors (Lipinski definition) is 0. The SMILES string of the molecule is O=C(CN1CC(c2ccccc2)CC1=O)N1CCC2(CCC(=O)N2Cc2ccccc2F)CC1. The van der Waals surface area contributed by atoms with Gasteiger partial charge in [0.2, 0.25) is 17.7 Å². The zero-order valence-corrected chi connectivity index (χ0v) is 19.3. The largest absolute Gasteiger partial charge is 0.341 e. The zero-order chi connectivity index (χ0) is 23.7. The van der Waals surface area contributed by atoms with Crippen molar-refractivity contribution in [1.82, 2.24) is 14.7 Å². The Bertz CT molecular complexity index is 1080. The van der Waals surface area contributed by atoms with Crippen LogP contribution in [0.5, 0.6) is 0 Å². The third-order valence-corrected chi connectivity index (χ3v) is 7.82. The molecule has 3 fully saturated rings. The van der Waals surface area contributed by atoms with Crippen LogP contribution >= 0.6 is 0 Å². The number of benzene rings is 2. The second kappa shape index (κ2) is 9.20. The summed E-state index contributed by atoms with van der Waals surface area (Å²) in [7, 11) is 0. The molecule has 3 amide bonds. The summed E-state index contributed by atoms with van der Waals surface area (Å²) in [6.45, 7) is 2.03. The monoisotopic (exact) mass is 463 g/mol. The Morgan fingerprint density at radius 3 is 2.38 bits per heavy atom. The number of halogens is 1. The second-order valence-electron chi connectivity index (χ2n) is 9.76. The average Bonchev–Trinajstić information content (AvgIpc) is 3.36. The lowest BCUT2D eigenvalue weighted by molar-refractivity contribution is -0.141. The van der Waals surface area contributed by atoms with Gasteiger partial charge >= 0.3 is 0 Å². The molecule has 0 aliphatic carbocycles. The van der Waals surface area contributed by atoms with E-state index in [1.807, 2.05) is 40.1 Å². The molecule has 7 heteroatoms. The van der Waals surface area contributed by atoms with Gasteiger partial charge in [0.05, 0.1) is 6.54 Å². The van der Waals surface area contributed by atoms with Crippen molar-refractivity contribution in [3.8, 4) is 0 Å². The van der Waals surface area contributed by atoms with E-state index in [1.54, 1.807) is 23.1 Å². The highest BCUT2D eigenvalue weighted by Crippen LogP contribution is 2.40. The van der Waals surface area contributed by atoms with Gasteiger partial charge in [-0.05, 0) is 30.9 Å². The van der Waals surface area contributed by atoms with Crippen molar-refractivity contribution >= 4 is 17.7 Å². The highest BCUT2D eigenvalue weighted by atomic mass is 19.1. The number of likely N-dealkylation sites (tertiary alicyclic amines) is 3. The van der Waals surface area contributed by atoms with Gasteiger partial charge in [-0.1, -0.05) is 48.5 Å². The molecular formula is C27H30FN3O3. The molecule has 3 aliphatic heterocycles. The van der Waals surface area contributed by atoms with Crippen LogP contribution in [0.1, 0.15) is 49.1 Å². The van der Waals surface area contributed by atoms with Crippen LogP contribution in [0.4, 0.5) is 4.39 Å². The number of carbonyl (C=O) groups is 3. The van der Waals surface area contributed by atoms with Crippen LogP contribution in [-0.4, -0.2) is 64.1 Å². The quantitative estimate of drug-likeness (QED) is 0.684. The first kappa shape index (κ1) is 22.6. The van der Waals surface area contributed by atoms with Crippen molar-refractivity contribution in [1.29, 1.82) is 0 Å². The molecule has 3 heterocycles. The number of piperidine rings is 1. The summed E-state index contributed by atoms with van der Waals surface area (Å²) < 4.78 is 14.2. The first-order valence-corrected chi connectivity index (χ1v) is 12.1. The van der Waals surface area contributed by atoms with E-state index in [-0.39, 0.29) is 48.1 Å². The van der Waals surface area contributed by atoms with Crippen LogP contribution in [0.2, 0.25) is 0 Å². The molecule has 1 unspecified atom stereocenters. The fraction of sp³-hybridized carbons (Fsp3) is 0.444. The van der Waals surface area contributed by atoms with E-state index >= 15 is 0 Å². The van der Waals surface area contributed by atoms with Gasteiger partial charge < -0.3 is 14.7 Å². The van der Waals surface area contributed by atoms with E-state index in [9.17, 15) is 18.8 Å². The molecule has 2 aromatic rings. The average molecular weight is 464 g/mol. The molecule has 5 rings (SSSR count). The van der Waals surface area contributed by atoms with Crippen LogP contribution in [-0.2, 0) is 20.9 Å². The van der Waals surface area contributed by atoms with Crippen LogP contribution in [0, 0.1) is 5.82 Å². The molecule has 3 saturated heterocycles. The Balaban J connectivity index is 1.19. The van der Waals surface area contributed by atoms with E-state index in [0.717, 1.165) is 12.0 Å². The normalized spacial score (nSPS) is 22.1. The molecule has 2 aromatic carbocycles. The third kappa shape index (κ3) is 4.31. The minimum atomic E-state index is -0.321. The van der Waals surface area contributed by atoms with Crippen molar-refractivity contribution in [2.24, 2.45) is 0 Å². The fourth-order valence-electron chi connectivity index (χ4n) is 5.76. The Morgan fingerprint density at radius 2 is 1.65 bits per heavy atom. The summed E-state index contributed by atoms with van der Waals surface area (Å²) in [4.78, 5) is 43.6. The standard InChI is InChI=1S/C27H30FN3O3/c28-23-9-5-4-8-21(23)18-31-24(32)10-11-27(31)12-14-29(15-13-27)26(34)19-30-17-22(16-25(30)33)20-6-2-1-3-7-20/h1-9,22H,10-19H2. The van der Waals surface area contributed by atoms with Gasteiger partial charge in [0.15, 0.2) is 0 Å². The van der Waals surface area contributed by atoms with Gasteiger partial charge in [0.1, 0.15) is 5.82 Å². The molecule has 0 radical (unpaired) electrons. The van der Waals surface area contributed by atoms with Gasteiger partial charge in [-0.3, -0.25) is 14.4 Å². The van der Waals surface area contributed by atoms with Crippen LogP contribution in [0.3, 0.4) is 0 Å². The summed E-state index contributed by atoms with van der Waals surface area (Å²) in [5.74, 6) is -0.135. The van der Waals surface area contributed by atoms with Crippen molar-refractivity contribution < 1.29 is 18.8 Å². The van der Waals surface area contributed by atoms with Crippen LogP contribution in [0.15, 0.2) is 54.6 Å². The maximum Gasteiger partial charge on any atom is 0.242 e. The zero-order valence-electron chi connectivity index (χ0n) is 19.3. The number of amides is 3. The smallest absolute Gasteiger partial charge is 0.242 e. The molecule has 6 nitrogen and oxygen atoms in total. The predicted octanol–water partition coefficient (Wildman–Crippen LogP) is 3.33. The maximum atomic E-state index is 14.2. The molecule has 178 valence electrons. The Kier molecular flexibility index (Phi) is 6.11. The maximum absolute atomic E-state index is 14.2. The van der Waals surface area contributed by atoms with E-state index in [2.05, 4.69) is 0 Å². The molecule has 0 bridgehead atoms. The lowest BCUT2D eigenvalue weighted by atomic mass is 9.84. The molecule has 3 aliphatic rings. The van der Waals surface area contributed by atoms with Gasteiger partial charge in [0, 0.05) is 56.0 Å². The molecule has 1 spiro atoms. The molecule has 0 aromatic heterocycles. The van der Waals surface area contributed by atoms with Crippen molar-refractivity contribution in [3.63, 3.8) is 0 Å². The molecule has 1 atom stereocenters.